The molecule has 35 heavy (non-hydrogen) atoms. The monoisotopic (exact) mass is 500 g/mol. The van der Waals surface area contributed by atoms with Gasteiger partial charge in [0.25, 0.3) is 5.91 Å². The molecule has 0 aromatic heterocycles. The summed E-state index contributed by atoms with van der Waals surface area (Å²) in [4.78, 5) is 13.5. The molecule has 0 aliphatic rings. The second-order valence-electron chi connectivity index (χ2n) is 7.98. The number of nitrogens with one attached hydrogen (secondary N) is 1. The highest BCUT2D eigenvalue weighted by atomic mass is 35.5. The zero-order chi connectivity index (χ0) is 24.5. The minimum absolute atomic E-state index is 0.254. The summed E-state index contributed by atoms with van der Waals surface area (Å²) in [5.74, 6) is 1.34. The highest BCUT2D eigenvalue weighted by Gasteiger charge is 2.05. The van der Waals surface area contributed by atoms with Gasteiger partial charge in [-0.25, -0.2) is 5.43 Å². The number of amides is 1. The second-order valence-corrected chi connectivity index (χ2v) is 9.47. The number of thioether (sulfide) groups is 1. The van der Waals surface area contributed by atoms with Gasteiger partial charge in [0.2, 0.25) is 0 Å². The Morgan fingerprint density at radius 1 is 0.886 bits per heavy atom. The highest BCUT2D eigenvalue weighted by molar-refractivity contribution is 7.98. The average molecular weight is 501 g/mol. The van der Waals surface area contributed by atoms with Crippen molar-refractivity contribution in [2.75, 3.05) is 0 Å². The lowest BCUT2D eigenvalue weighted by atomic mass is 10.1. The van der Waals surface area contributed by atoms with Gasteiger partial charge < -0.3 is 4.74 Å². The maximum atomic E-state index is 12.4. The van der Waals surface area contributed by atoms with Gasteiger partial charge in [-0.1, -0.05) is 53.6 Å². The Morgan fingerprint density at radius 2 is 1.54 bits per heavy atom. The van der Waals surface area contributed by atoms with Crippen molar-refractivity contribution in [2.24, 2.45) is 5.10 Å². The molecule has 4 rings (SSSR count). The van der Waals surface area contributed by atoms with Gasteiger partial charge in [-0.15, -0.1) is 11.8 Å². The summed E-state index contributed by atoms with van der Waals surface area (Å²) in [5, 5.41) is 4.80. The Morgan fingerprint density at radius 3 is 2.23 bits per heavy atom. The molecule has 0 saturated heterocycles. The molecule has 4 aromatic carbocycles. The number of halogens is 1. The first-order valence-electron chi connectivity index (χ1n) is 11.1. The molecule has 0 aliphatic carbocycles. The van der Waals surface area contributed by atoms with Crippen molar-refractivity contribution in [3.63, 3.8) is 0 Å². The number of carbonyl (C=O) groups is 1. The van der Waals surface area contributed by atoms with Crippen molar-refractivity contribution >= 4 is 35.5 Å². The fraction of sp³-hybridized carbons (Fsp3) is 0.103. The average Bonchev–Trinajstić information content (AvgIpc) is 2.89. The fourth-order valence-electron chi connectivity index (χ4n) is 3.18. The molecular weight excluding hydrogens is 476 g/mol. The molecule has 6 heteroatoms. The molecule has 0 atom stereocenters. The Hall–Kier alpha value is -3.54. The summed E-state index contributed by atoms with van der Waals surface area (Å²) in [6.07, 6.45) is 1.61. The number of hydrogen-bond acceptors (Lipinski definition) is 4. The quantitative estimate of drug-likeness (QED) is 0.149. The number of ether oxygens (including phenoxy) is 1. The SMILES string of the molecule is Cc1ccc(COc2ccc(/C=N\NC(=O)c3ccc(CSc4ccc(Cl)cc4)cc3)cc2)cc1. The first-order chi connectivity index (χ1) is 17.0. The van der Waals surface area contributed by atoms with E-state index < -0.39 is 0 Å². The third-order valence-electron chi connectivity index (χ3n) is 5.22. The molecule has 1 amide bonds. The lowest BCUT2D eigenvalue weighted by Crippen LogP contribution is -2.17. The minimum Gasteiger partial charge on any atom is -0.489 e. The summed E-state index contributed by atoms with van der Waals surface area (Å²) in [7, 11) is 0. The molecule has 176 valence electrons. The van der Waals surface area contributed by atoms with Gasteiger partial charge in [0.05, 0.1) is 6.21 Å². The zero-order valence-electron chi connectivity index (χ0n) is 19.3. The van der Waals surface area contributed by atoms with E-state index in [1.165, 1.54) is 5.56 Å². The Labute approximate surface area is 215 Å². The van der Waals surface area contributed by atoms with Crippen LogP contribution in [0.1, 0.15) is 32.6 Å². The topological polar surface area (TPSA) is 50.7 Å². The van der Waals surface area contributed by atoms with Crippen LogP contribution in [0.25, 0.3) is 0 Å². The van der Waals surface area contributed by atoms with Gasteiger partial charge in [0, 0.05) is 21.2 Å². The molecule has 0 aliphatic heterocycles. The fourth-order valence-corrected chi connectivity index (χ4v) is 4.16. The summed E-state index contributed by atoms with van der Waals surface area (Å²) in [6.45, 7) is 2.58. The van der Waals surface area contributed by atoms with E-state index in [0.29, 0.717) is 12.2 Å². The molecule has 0 bridgehead atoms. The van der Waals surface area contributed by atoms with Crippen LogP contribution in [0, 0.1) is 6.92 Å². The van der Waals surface area contributed by atoms with E-state index in [2.05, 4.69) is 41.7 Å². The maximum Gasteiger partial charge on any atom is 0.271 e. The van der Waals surface area contributed by atoms with Crippen molar-refractivity contribution in [1.29, 1.82) is 0 Å². The van der Waals surface area contributed by atoms with E-state index in [-0.39, 0.29) is 5.91 Å². The summed E-state index contributed by atoms with van der Waals surface area (Å²) in [6, 6.07) is 31.1. The van der Waals surface area contributed by atoms with Crippen LogP contribution in [-0.4, -0.2) is 12.1 Å². The zero-order valence-corrected chi connectivity index (χ0v) is 20.9. The lowest BCUT2D eigenvalue weighted by Gasteiger charge is -2.07. The predicted molar refractivity (Wildman–Crippen MR) is 144 cm³/mol. The second kappa shape index (κ2) is 12.2. The van der Waals surface area contributed by atoms with Crippen molar-refractivity contribution in [2.45, 2.75) is 24.2 Å². The normalized spacial score (nSPS) is 10.9. The van der Waals surface area contributed by atoms with E-state index in [4.69, 9.17) is 16.3 Å². The molecular formula is C29H25ClN2O2S. The van der Waals surface area contributed by atoms with E-state index >= 15 is 0 Å². The molecule has 4 nitrogen and oxygen atoms in total. The van der Waals surface area contributed by atoms with Crippen molar-refractivity contribution in [1.82, 2.24) is 5.43 Å². The van der Waals surface area contributed by atoms with E-state index in [9.17, 15) is 4.79 Å². The van der Waals surface area contributed by atoms with Crippen LogP contribution in [0.5, 0.6) is 5.75 Å². The molecule has 0 saturated carbocycles. The maximum absolute atomic E-state index is 12.4. The van der Waals surface area contributed by atoms with E-state index in [1.54, 1.807) is 18.0 Å². The van der Waals surface area contributed by atoms with Gasteiger partial charge in [0.15, 0.2) is 0 Å². The van der Waals surface area contributed by atoms with Gasteiger partial charge in [0.1, 0.15) is 12.4 Å². The van der Waals surface area contributed by atoms with E-state index in [1.807, 2.05) is 72.8 Å². The third kappa shape index (κ3) is 7.74. The number of rotatable bonds is 9. The summed E-state index contributed by atoms with van der Waals surface area (Å²) in [5.41, 5.74) is 7.48. The third-order valence-corrected chi connectivity index (χ3v) is 6.56. The highest BCUT2D eigenvalue weighted by Crippen LogP contribution is 2.24. The predicted octanol–water partition coefficient (Wildman–Crippen LogP) is 7.28. The van der Waals surface area contributed by atoms with Crippen LogP contribution in [-0.2, 0) is 12.4 Å². The summed E-state index contributed by atoms with van der Waals surface area (Å²) < 4.78 is 5.82. The number of benzene rings is 4. The molecule has 0 radical (unpaired) electrons. The van der Waals surface area contributed by atoms with Crippen LogP contribution in [0.3, 0.4) is 0 Å². The number of hydrogen-bond donors (Lipinski definition) is 1. The van der Waals surface area contributed by atoms with Crippen molar-refractivity contribution in [3.05, 3.63) is 130 Å². The van der Waals surface area contributed by atoms with Gasteiger partial charge in [-0.2, -0.15) is 5.10 Å². The first-order valence-corrected chi connectivity index (χ1v) is 12.5. The van der Waals surface area contributed by atoms with Crippen LogP contribution in [0.2, 0.25) is 5.02 Å². The number of carbonyl (C=O) groups excluding carboxylic acids is 1. The Balaban J connectivity index is 1.23. The van der Waals surface area contributed by atoms with Crippen molar-refractivity contribution in [3.8, 4) is 5.75 Å². The molecule has 1 N–H and O–H groups in total. The van der Waals surface area contributed by atoms with Crippen LogP contribution >= 0.6 is 23.4 Å². The van der Waals surface area contributed by atoms with Crippen LogP contribution in [0.15, 0.2) is 107 Å². The first kappa shape index (κ1) is 24.6. The van der Waals surface area contributed by atoms with Crippen LogP contribution < -0.4 is 10.2 Å². The standard InChI is InChI=1S/C29H25ClN2O2S/c1-21-2-4-23(5-3-21)19-34-27-14-8-22(9-15-27)18-31-32-29(33)25-10-6-24(7-11-25)20-35-28-16-12-26(30)13-17-28/h2-18H,19-20H2,1H3,(H,32,33)/b31-18-. The number of aryl methyl sites for hydroxylation is 1. The minimum atomic E-state index is -0.254. The van der Waals surface area contributed by atoms with Crippen LogP contribution in [0.4, 0.5) is 0 Å². The van der Waals surface area contributed by atoms with Gasteiger partial charge in [-0.3, -0.25) is 4.79 Å². The Kier molecular flexibility index (Phi) is 8.60. The number of hydrazone groups is 1. The molecule has 0 heterocycles. The molecule has 0 spiro atoms. The number of nitrogens with zero attached hydrogens (tertiary/aromatic N) is 1. The summed E-state index contributed by atoms with van der Waals surface area (Å²) >= 11 is 7.65. The molecule has 0 fully saturated rings. The smallest absolute Gasteiger partial charge is 0.271 e. The van der Waals surface area contributed by atoms with Crippen molar-refractivity contribution < 1.29 is 9.53 Å². The molecule has 0 unspecified atom stereocenters. The Bertz CT molecular complexity index is 1270. The van der Waals surface area contributed by atoms with E-state index in [0.717, 1.165) is 38.1 Å². The van der Waals surface area contributed by atoms with Gasteiger partial charge >= 0.3 is 0 Å². The largest absolute Gasteiger partial charge is 0.489 e. The van der Waals surface area contributed by atoms with Gasteiger partial charge in [-0.05, 0) is 84.3 Å². The lowest BCUT2D eigenvalue weighted by molar-refractivity contribution is 0.0955. The molecule has 4 aromatic rings.